The van der Waals surface area contributed by atoms with Crippen LogP contribution >= 0.6 is 0 Å². The summed E-state index contributed by atoms with van der Waals surface area (Å²) in [5, 5.41) is 11.7. The van der Waals surface area contributed by atoms with Crippen molar-refractivity contribution >= 4 is 5.91 Å². The summed E-state index contributed by atoms with van der Waals surface area (Å²) in [7, 11) is 0. The molecule has 1 aromatic carbocycles. The molecular formula is C13H18FNO3. The number of halogens is 1. The standard InChI is InChI=1S/C13H18FNO3/c1-9(2)12(7-16)15-13(17)8-18-11-5-3-4-10(14)6-11/h3-6,9,12,16H,7-8H2,1-2H3,(H,15,17). The van der Waals surface area contributed by atoms with Crippen LogP contribution in [0.4, 0.5) is 4.39 Å². The molecule has 4 nitrogen and oxygen atoms in total. The molecule has 1 unspecified atom stereocenters. The molecule has 0 aliphatic rings. The van der Waals surface area contributed by atoms with Gasteiger partial charge >= 0.3 is 0 Å². The van der Waals surface area contributed by atoms with Crippen LogP contribution in [0, 0.1) is 11.7 Å². The molecule has 0 aliphatic carbocycles. The van der Waals surface area contributed by atoms with Crippen LogP contribution in [-0.4, -0.2) is 30.3 Å². The van der Waals surface area contributed by atoms with E-state index in [0.717, 1.165) is 0 Å². The van der Waals surface area contributed by atoms with Crippen molar-refractivity contribution in [3.8, 4) is 5.75 Å². The van der Waals surface area contributed by atoms with E-state index in [1.807, 2.05) is 13.8 Å². The molecule has 1 rings (SSSR count). The molecule has 18 heavy (non-hydrogen) atoms. The monoisotopic (exact) mass is 255 g/mol. The number of benzene rings is 1. The van der Waals surface area contributed by atoms with Crippen LogP contribution in [0.15, 0.2) is 24.3 Å². The molecule has 0 fully saturated rings. The molecule has 1 aromatic rings. The van der Waals surface area contributed by atoms with E-state index in [-0.39, 0.29) is 31.1 Å². The van der Waals surface area contributed by atoms with Crippen molar-refractivity contribution in [3.63, 3.8) is 0 Å². The molecule has 1 amide bonds. The number of carbonyl (C=O) groups excluding carboxylic acids is 1. The Morgan fingerprint density at radius 3 is 2.78 bits per heavy atom. The number of aliphatic hydroxyl groups is 1. The first-order valence-electron chi connectivity index (χ1n) is 5.81. The van der Waals surface area contributed by atoms with E-state index in [9.17, 15) is 9.18 Å². The molecule has 100 valence electrons. The summed E-state index contributed by atoms with van der Waals surface area (Å²) in [6.07, 6.45) is 0. The van der Waals surface area contributed by atoms with Crippen LogP contribution in [-0.2, 0) is 4.79 Å². The number of nitrogens with one attached hydrogen (secondary N) is 1. The zero-order valence-electron chi connectivity index (χ0n) is 10.5. The molecule has 5 heteroatoms. The first-order valence-corrected chi connectivity index (χ1v) is 5.81. The number of aliphatic hydroxyl groups excluding tert-OH is 1. The average Bonchev–Trinajstić information content (AvgIpc) is 2.33. The third-order valence-electron chi connectivity index (χ3n) is 2.51. The van der Waals surface area contributed by atoms with Gasteiger partial charge in [0.05, 0.1) is 12.6 Å². The Morgan fingerprint density at radius 1 is 1.50 bits per heavy atom. The number of carbonyl (C=O) groups is 1. The van der Waals surface area contributed by atoms with Crippen molar-refractivity contribution in [1.82, 2.24) is 5.32 Å². The van der Waals surface area contributed by atoms with Crippen LogP contribution < -0.4 is 10.1 Å². The van der Waals surface area contributed by atoms with Gasteiger partial charge in [-0.25, -0.2) is 4.39 Å². The highest BCUT2D eigenvalue weighted by atomic mass is 19.1. The lowest BCUT2D eigenvalue weighted by molar-refractivity contribution is -0.124. The van der Waals surface area contributed by atoms with E-state index in [1.165, 1.54) is 18.2 Å². The maximum atomic E-state index is 12.8. The molecular weight excluding hydrogens is 237 g/mol. The summed E-state index contributed by atoms with van der Waals surface area (Å²) < 4.78 is 18.0. The molecule has 0 saturated carbocycles. The molecule has 0 saturated heterocycles. The first-order chi connectivity index (χ1) is 8.52. The Balaban J connectivity index is 2.41. The van der Waals surface area contributed by atoms with Crippen molar-refractivity contribution in [2.75, 3.05) is 13.2 Å². The summed E-state index contributed by atoms with van der Waals surface area (Å²) in [4.78, 5) is 11.5. The van der Waals surface area contributed by atoms with Crippen molar-refractivity contribution in [3.05, 3.63) is 30.1 Å². The molecule has 0 heterocycles. The van der Waals surface area contributed by atoms with E-state index in [2.05, 4.69) is 5.32 Å². The number of ether oxygens (including phenoxy) is 1. The van der Waals surface area contributed by atoms with Crippen LogP contribution in [0.5, 0.6) is 5.75 Å². The number of rotatable bonds is 6. The summed E-state index contributed by atoms with van der Waals surface area (Å²) in [5.74, 6) is -0.321. The van der Waals surface area contributed by atoms with Crippen molar-refractivity contribution in [2.45, 2.75) is 19.9 Å². The van der Waals surface area contributed by atoms with Gasteiger partial charge in [-0.3, -0.25) is 4.79 Å². The Bertz CT molecular complexity index is 396. The Hall–Kier alpha value is -1.62. The summed E-state index contributed by atoms with van der Waals surface area (Å²) >= 11 is 0. The van der Waals surface area contributed by atoms with Crippen LogP contribution in [0.3, 0.4) is 0 Å². The highest BCUT2D eigenvalue weighted by Gasteiger charge is 2.15. The van der Waals surface area contributed by atoms with Gasteiger partial charge in [-0.2, -0.15) is 0 Å². The molecule has 2 N–H and O–H groups in total. The van der Waals surface area contributed by atoms with Gasteiger partial charge in [-0.05, 0) is 18.1 Å². The minimum absolute atomic E-state index is 0.122. The molecule has 0 aromatic heterocycles. The van der Waals surface area contributed by atoms with E-state index in [0.29, 0.717) is 5.75 Å². The van der Waals surface area contributed by atoms with Gasteiger partial charge in [0.1, 0.15) is 11.6 Å². The highest BCUT2D eigenvalue weighted by Crippen LogP contribution is 2.11. The van der Waals surface area contributed by atoms with Gasteiger partial charge in [0.25, 0.3) is 5.91 Å². The quantitative estimate of drug-likeness (QED) is 0.806. The predicted molar refractivity (Wildman–Crippen MR) is 65.7 cm³/mol. The maximum Gasteiger partial charge on any atom is 0.258 e. The fraction of sp³-hybridized carbons (Fsp3) is 0.462. The van der Waals surface area contributed by atoms with Crippen LogP contribution in [0.1, 0.15) is 13.8 Å². The van der Waals surface area contributed by atoms with E-state index < -0.39 is 5.82 Å². The fourth-order valence-electron chi connectivity index (χ4n) is 1.38. The van der Waals surface area contributed by atoms with Gasteiger partial charge in [0.2, 0.25) is 0 Å². The third-order valence-corrected chi connectivity index (χ3v) is 2.51. The van der Waals surface area contributed by atoms with Gasteiger partial charge in [-0.1, -0.05) is 19.9 Å². The van der Waals surface area contributed by atoms with Crippen molar-refractivity contribution in [1.29, 1.82) is 0 Å². The normalized spacial score (nSPS) is 12.3. The molecule has 1 atom stereocenters. The van der Waals surface area contributed by atoms with Gasteiger partial charge < -0.3 is 15.2 Å². The van der Waals surface area contributed by atoms with E-state index in [4.69, 9.17) is 9.84 Å². The lowest BCUT2D eigenvalue weighted by atomic mass is 10.1. The van der Waals surface area contributed by atoms with Crippen molar-refractivity contribution in [2.24, 2.45) is 5.92 Å². The number of hydrogen-bond acceptors (Lipinski definition) is 3. The molecule has 0 bridgehead atoms. The molecule has 0 aliphatic heterocycles. The minimum atomic E-state index is -0.414. The highest BCUT2D eigenvalue weighted by molar-refractivity contribution is 5.77. The summed E-state index contributed by atoms with van der Waals surface area (Å²) in [6.45, 7) is 3.47. The smallest absolute Gasteiger partial charge is 0.258 e. The summed E-state index contributed by atoms with van der Waals surface area (Å²) in [6, 6.07) is 5.29. The Kier molecular flexibility index (Phi) is 5.58. The summed E-state index contributed by atoms with van der Waals surface area (Å²) in [5.41, 5.74) is 0. The SMILES string of the molecule is CC(C)C(CO)NC(=O)COc1cccc(F)c1. The average molecular weight is 255 g/mol. The van der Waals surface area contributed by atoms with E-state index >= 15 is 0 Å². The third kappa shape index (κ3) is 4.71. The largest absolute Gasteiger partial charge is 0.484 e. The Morgan fingerprint density at radius 2 is 2.22 bits per heavy atom. The maximum absolute atomic E-state index is 12.8. The van der Waals surface area contributed by atoms with Gasteiger partial charge in [0, 0.05) is 6.07 Å². The predicted octanol–water partition coefficient (Wildman–Crippen LogP) is 1.34. The van der Waals surface area contributed by atoms with Crippen LogP contribution in [0.2, 0.25) is 0 Å². The lowest BCUT2D eigenvalue weighted by Gasteiger charge is -2.19. The zero-order valence-corrected chi connectivity index (χ0v) is 10.5. The second-order valence-corrected chi connectivity index (χ2v) is 4.35. The molecule has 0 radical (unpaired) electrons. The van der Waals surface area contributed by atoms with Gasteiger partial charge in [0.15, 0.2) is 6.61 Å². The molecule has 0 spiro atoms. The lowest BCUT2D eigenvalue weighted by Crippen LogP contribution is -2.43. The second kappa shape index (κ2) is 6.96. The number of hydrogen-bond donors (Lipinski definition) is 2. The van der Waals surface area contributed by atoms with E-state index in [1.54, 1.807) is 6.07 Å². The minimum Gasteiger partial charge on any atom is -0.484 e. The first kappa shape index (κ1) is 14.4. The van der Waals surface area contributed by atoms with Crippen LogP contribution in [0.25, 0.3) is 0 Å². The topological polar surface area (TPSA) is 58.6 Å². The van der Waals surface area contributed by atoms with Crippen molar-refractivity contribution < 1.29 is 19.0 Å². The number of amides is 1. The Labute approximate surface area is 106 Å². The fourth-order valence-corrected chi connectivity index (χ4v) is 1.38. The van der Waals surface area contributed by atoms with Gasteiger partial charge in [-0.15, -0.1) is 0 Å². The zero-order chi connectivity index (χ0) is 13.5. The second-order valence-electron chi connectivity index (χ2n) is 4.35.